The molecule has 0 fully saturated rings. The Hall–Kier alpha value is -3.31. The summed E-state index contributed by atoms with van der Waals surface area (Å²) in [5.41, 5.74) is 9.74. The second-order valence-electron chi connectivity index (χ2n) is 13.2. The summed E-state index contributed by atoms with van der Waals surface area (Å²) in [6.07, 6.45) is 15.5. The fourth-order valence-electron chi connectivity index (χ4n) is 7.75. The summed E-state index contributed by atoms with van der Waals surface area (Å²) in [5.74, 6) is 0. The maximum absolute atomic E-state index is 2.53. The van der Waals surface area contributed by atoms with Crippen LogP contribution in [0.1, 0.15) is 58.1 Å². The van der Waals surface area contributed by atoms with E-state index in [0.717, 1.165) is 12.8 Å². The van der Waals surface area contributed by atoms with Gasteiger partial charge in [0.1, 0.15) is 0 Å². The summed E-state index contributed by atoms with van der Waals surface area (Å²) in [7, 11) is 2.22. The molecule has 0 aromatic heterocycles. The van der Waals surface area contributed by atoms with E-state index in [1.165, 1.54) is 67.3 Å². The molecule has 1 unspecified atom stereocenters. The Kier molecular flexibility index (Phi) is 6.65. The first-order valence-corrected chi connectivity index (χ1v) is 16.2. The molecule has 1 atom stereocenters. The lowest BCUT2D eigenvalue weighted by Gasteiger charge is -2.29. The van der Waals surface area contributed by atoms with E-state index in [1.54, 1.807) is 0 Å². The molecule has 2 aliphatic heterocycles. The number of allylic oxidation sites excluding steroid dienone is 7. The Morgan fingerprint density at radius 1 is 0.762 bits per heavy atom. The number of nitrogens with zero attached hydrogens (tertiary/aromatic N) is 2. The molecule has 0 saturated heterocycles. The fourth-order valence-corrected chi connectivity index (χ4v) is 9.03. The second kappa shape index (κ2) is 10.2. The molecule has 212 valence electrons. The van der Waals surface area contributed by atoms with Crippen LogP contribution in [0.4, 0.5) is 11.4 Å². The normalized spacial score (nSPS) is 22.9. The van der Waals surface area contributed by atoms with E-state index in [1.807, 2.05) is 0 Å². The quantitative estimate of drug-likeness (QED) is 0.159. The number of hydrogen-bond donors (Lipinski definition) is 0. The van der Waals surface area contributed by atoms with Crippen LogP contribution < -0.4 is 8.01 Å². The smallest absolute Gasteiger partial charge is 0.0668 e. The maximum Gasteiger partial charge on any atom is 0.0668 e. The van der Waals surface area contributed by atoms with Crippen molar-refractivity contribution in [2.24, 2.45) is 0 Å². The first-order valence-electron chi connectivity index (χ1n) is 15.2. The van der Waals surface area contributed by atoms with E-state index in [2.05, 4.69) is 169 Å². The first kappa shape index (κ1) is 27.5. The molecule has 2 nitrogen and oxygen atoms in total. The van der Waals surface area contributed by atoms with Gasteiger partial charge in [0.25, 0.3) is 0 Å². The molecule has 42 heavy (non-hydrogen) atoms. The number of rotatable bonds is 3. The average Bonchev–Trinajstić information content (AvgIpc) is 3.32. The number of benzene rings is 4. The largest absolute Gasteiger partial charge is 0.347 e. The summed E-state index contributed by atoms with van der Waals surface area (Å²) >= 11 is 2.53. The fraction of sp³-hybridized carbons (Fsp3) is 0.282. The predicted molar refractivity (Wildman–Crippen MR) is 190 cm³/mol. The number of anilines is 2. The third-order valence-corrected chi connectivity index (χ3v) is 11.0. The van der Waals surface area contributed by atoms with Gasteiger partial charge < -0.3 is 8.01 Å². The molecule has 3 aliphatic rings. The Morgan fingerprint density at radius 2 is 1.40 bits per heavy atom. The van der Waals surface area contributed by atoms with Crippen LogP contribution in [0.5, 0.6) is 0 Å². The van der Waals surface area contributed by atoms with Gasteiger partial charge in [0.15, 0.2) is 0 Å². The third-order valence-electron chi connectivity index (χ3n) is 9.91. The Balaban J connectivity index is 1.17. The molecule has 0 bridgehead atoms. The van der Waals surface area contributed by atoms with Crippen LogP contribution in [0.2, 0.25) is 0 Å². The van der Waals surface area contributed by atoms with Crippen LogP contribution in [0, 0.1) is 0 Å². The van der Waals surface area contributed by atoms with Gasteiger partial charge in [-0.2, -0.15) is 0 Å². The molecule has 1 aliphatic carbocycles. The zero-order valence-corrected chi connectivity index (χ0v) is 27.4. The molecule has 0 amide bonds. The Labute approximate surface area is 264 Å². The van der Waals surface area contributed by atoms with Gasteiger partial charge in [-0.3, -0.25) is 0 Å². The van der Waals surface area contributed by atoms with Crippen LogP contribution in [-0.2, 0) is 10.8 Å². The van der Waals surface area contributed by atoms with E-state index in [4.69, 9.17) is 0 Å². The highest BCUT2D eigenvalue weighted by Gasteiger charge is 2.44. The summed E-state index contributed by atoms with van der Waals surface area (Å²) in [4.78, 5) is 2.39. The van der Waals surface area contributed by atoms with E-state index in [-0.39, 0.29) is 10.8 Å². The molecule has 4 aromatic rings. The monoisotopic (exact) mass is 662 g/mol. The maximum atomic E-state index is 2.53. The minimum atomic E-state index is -0.0555. The first-order chi connectivity index (χ1) is 20.2. The zero-order chi connectivity index (χ0) is 29.2. The summed E-state index contributed by atoms with van der Waals surface area (Å²) in [5, 5.41) is 5.38. The lowest BCUT2D eigenvalue weighted by molar-refractivity contribution is 0.511. The van der Waals surface area contributed by atoms with Crippen molar-refractivity contribution in [2.75, 3.05) is 15.1 Å². The van der Waals surface area contributed by atoms with Crippen LogP contribution in [0.25, 0.3) is 21.5 Å². The van der Waals surface area contributed by atoms with Crippen molar-refractivity contribution in [2.45, 2.75) is 63.8 Å². The van der Waals surface area contributed by atoms with Gasteiger partial charge in [-0.05, 0) is 81.3 Å². The second-order valence-corrected chi connectivity index (χ2v) is 14.3. The van der Waals surface area contributed by atoms with Crippen LogP contribution >= 0.6 is 22.9 Å². The SMILES string of the molecule is CN1/C(=C/C=C2C=C(/C=C/C3N(I)c4ccc5ccccc5c4C3(C)C)CCC/2)C(C)(C)c2c1ccc1ccccc21. The summed E-state index contributed by atoms with van der Waals surface area (Å²) < 4.78 is 2.44. The van der Waals surface area contributed by atoms with Gasteiger partial charge in [-0.1, -0.05) is 113 Å². The standard InChI is InChI=1S/C39H39IN2/c1-38(2)34(41(5)32-21-19-28-13-6-8-15-30(28)36(32)38)23-17-26-11-10-12-27(25-26)18-24-35-39(3,4)37-31-16-9-7-14-29(31)20-22-33(37)42(35)40/h6-9,13-25,35H,10-12H2,1-5H3/b24-18+,26-17+,34-23+. The molecule has 0 N–H and O–H groups in total. The van der Waals surface area contributed by atoms with Crippen molar-refractivity contribution >= 4 is 55.8 Å². The molecule has 3 heteroatoms. The highest BCUT2D eigenvalue weighted by atomic mass is 127. The minimum absolute atomic E-state index is 0.0179. The van der Waals surface area contributed by atoms with E-state index in [9.17, 15) is 0 Å². The van der Waals surface area contributed by atoms with E-state index in [0.29, 0.717) is 6.04 Å². The predicted octanol–water partition coefficient (Wildman–Crippen LogP) is 10.7. The van der Waals surface area contributed by atoms with Gasteiger partial charge in [0.05, 0.1) is 34.6 Å². The van der Waals surface area contributed by atoms with Crippen molar-refractivity contribution in [3.05, 3.63) is 131 Å². The Morgan fingerprint density at radius 3 is 2.12 bits per heavy atom. The van der Waals surface area contributed by atoms with Gasteiger partial charge in [0, 0.05) is 29.3 Å². The van der Waals surface area contributed by atoms with Crippen molar-refractivity contribution in [3.63, 3.8) is 0 Å². The highest BCUT2D eigenvalue weighted by molar-refractivity contribution is 14.1. The molecule has 0 spiro atoms. The van der Waals surface area contributed by atoms with E-state index < -0.39 is 0 Å². The average molecular weight is 663 g/mol. The molecule has 0 radical (unpaired) electrons. The van der Waals surface area contributed by atoms with Crippen molar-refractivity contribution in [1.29, 1.82) is 0 Å². The molecule has 2 heterocycles. The van der Waals surface area contributed by atoms with Crippen molar-refractivity contribution in [3.8, 4) is 0 Å². The minimum Gasteiger partial charge on any atom is -0.347 e. The molecule has 4 aromatic carbocycles. The van der Waals surface area contributed by atoms with Crippen LogP contribution in [0.3, 0.4) is 0 Å². The summed E-state index contributed by atoms with van der Waals surface area (Å²) in [6, 6.07) is 27.0. The van der Waals surface area contributed by atoms with Gasteiger partial charge >= 0.3 is 0 Å². The number of fused-ring (bicyclic) bond motifs is 6. The lowest BCUT2D eigenvalue weighted by Crippen LogP contribution is -2.34. The van der Waals surface area contributed by atoms with Crippen LogP contribution in [-0.4, -0.2) is 13.1 Å². The highest BCUT2D eigenvalue weighted by Crippen LogP contribution is 2.51. The number of halogens is 1. The van der Waals surface area contributed by atoms with Crippen molar-refractivity contribution in [1.82, 2.24) is 0 Å². The molecular weight excluding hydrogens is 623 g/mol. The van der Waals surface area contributed by atoms with Crippen molar-refractivity contribution < 1.29 is 0 Å². The lowest BCUT2D eigenvalue weighted by atomic mass is 9.78. The van der Waals surface area contributed by atoms with Crippen LogP contribution in [0.15, 0.2) is 120 Å². The van der Waals surface area contributed by atoms with Gasteiger partial charge in [-0.15, -0.1) is 0 Å². The topological polar surface area (TPSA) is 6.48 Å². The Bertz CT molecular complexity index is 1850. The van der Waals surface area contributed by atoms with Gasteiger partial charge in [-0.25, -0.2) is 0 Å². The van der Waals surface area contributed by atoms with Gasteiger partial charge in [0.2, 0.25) is 0 Å². The number of hydrogen-bond acceptors (Lipinski definition) is 2. The number of likely N-dealkylation sites (N-methyl/N-ethyl adjacent to an activating group) is 1. The van der Waals surface area contributed by atoms with E-state index >= 15 is 0 Å². The zero-order valence-electron chi connectivity index (χ0n) is 25.3. The molecule has 0 saturated carbocycles. The molecular formula is C39H39IN2. The summed E-state index contributed by atoms with van der Waals surface area (Å²) in [6.45, 7) is 9.55. The molecule has 7 rings (SSSR count). The third kappa shape index (κ3) is 4.26.